The van der Waals surface area contributed by atoms with Crippen LogP contribution in [0.1, 0.15) is 25.8 Å². The zero-order valence-corrected chi connectivity index (χ0v) is 14.3. The van der Waals surface area contributed by atoms with E-state index in [1.54, 1.807) is 11.8 Å². The Labute approximate surface area is 139 Å². The Morgan fingerprint density at radius 1 is 1.39 bits per heavy atom. The Kier molecular flexibility index (Phi) is 6.40. The lowest BCUT2D eigenvalue weighted by Crippen LogP contribution is -2.31. The van der Waals surface area contributed by atoms with E-state index >= 15 is 0 Å². The molecule has 1 unspecified atom stereocenters. The third kappa shape index (κ3) is 4.95. The average molecular weight is 335 g/mol. The normalized spacial score (nSPS) is 12.0. The molecule has 0 spiro atoms. The van der Waals surface area contributed by atoms with Gasteiger partial charge >= 0.3 is 0 Å². The minimum Gasteiger partial charge on any atom is -0.497 e. The highest BCUT2D eigenvalue weighted by molar-refractivity contribution is 8.00. The first-order valence-electron chi connectivity index (χ1n) is 7.47. The largest absolute Gasteiger partial charge is 0.497 e. The standard InChI is InChI=1S/C15H21N5O2S/c1-4-9-16-14(21)11(2)23-15-17-18-19-20(15)10-12-5-7-13(22-3)8-6-12/h5-8,11H,4,9-10H2,1-3H3,(H,16,21). The van der Waals surface area contributed by atoms with Gasteiger partial charge < -0.3 is 10.1 Å². The second-order valence-corrected chi connectivity index (χ2v) is 6.33. The number of thioether (sulfide) groups is 1. The molecule has 7 nitrogen and oxygen atoms in total. The number of nitrogens with one attached hydrogen (secondary N) is 1. The molecule has 2 aromatic rings. The second-order valence-electron chi connectivity index (χ2n) is 5.02. The molecule has 0 aliphatic heterocycles. The fraction of sp³-hybridized carbons (Fsp3) is 0.467. The van der Waals surface area contributed by atoms with Crippen LogP contribution in [0.4, 0.5) is 0 Å². The maximum atomic E-state index is 11.9. The van der Waals surface area contributed by atoms with Gasteiger partial charge in [-0.3, -0.25) is 4.79 Å². The molecule has 0 fully saturated rings. The molecule has 124 valence electrons. The van der Waals surface area contributed by atoms with E-state index in [1.807, 2.05) is 38.1 Å². The minimum absolute atomic E-state index is 0.00384. The molecule has 0 bridgehead atoms. The molecule has 23 heavy (non-hydrogen) atoms. The lowest BCUT2D eigenvalue weighted by Gasteiger charge is -2.11. The van der Waals surface area contributed by atoms with Gasteiger partial charge in [0.15, 0.2) is 0 Å². The summed E-state index contributed by atoms with van der Waals surface area (Å²) in [5.74, 6) is 0.803. The van der Waals surface area contributed by atoms with Crippen LogP contribution in [0.5, 0.6) is 5.75 Å². The monoisotopic (exact) mass is 335 g/mol. The van der Waals surface area contributed by atoms with Crippen LogP contribution in [0.25, 0.3) is 0 Å². The maximum Gasteiger partial charge on any atom is 0.233 e. The first-order chi connectivity index (χ1) is 11.1. The maximum absolute atomic E-state index is 11.9. The number of rotatable bonds is 8. The van der Waals surface area contributed by atoms with Crippen molar-refractivity contribution in [3.05, 3.63) is 29.8 Å². The van der Waals surface area contributed by atoms with Crippen molar-refractivity contribution in [1.29, 1.82) is 0 Å². The summed E-state index contributed by atoms with van der Waals surface area (Å²) in [5, 5.41) is 15.0. The minimum atomic E-state index is -0.248. The summed E-state index contributed by atoms with van der Waals surface area (Å²) in [6.07, 6.45) is 0.915. The number of aromatic nitrogens is 4. The highest BCUT2D eigenvalue weighted by atomic mass is 32.2. The molecule has 1 aromatic carbocycles. The third-order valence-electron chi connectivity index (χ3n) is 3.19. The zero-order chi connectivity index (χ0) is 16.7. The second kappa shape index (κ2) is 8.52. The van der Waals surface area contributed by atoms with Crippen molar-refractivity contribution in [3.8, 4) is 5.75 Å². The molecule has 1 aromatic heterocycles. The van der Waals surface area contributed by atoms with Crippen molar-refractivity contribution in [2.45, 2.75) is 37.2 Å². The summed E-state index contributed by atoms with van der Waals surface area (Å²) in [7, 11) is 1.63. The van der Waals surface area contributed by atoms with E-state index in [1.165, 1.54) is 11.8 Å². The number of carbonyl (C=O) groups excluding carboxylic acids is 1. The van der Waals surface area contributed by atoms with Crippen LogP contribution in [0.15, 0.2) is 29.4 Å². The van der Waals surface area contributed by atoms with Gasteiger partial charge in [-0.1, -0.05) is 30.8 Å². The fourth-order valence-electron chi connectivity index (χ4n) is 1.89. The highest BCUT2D eigenvalue weighted by Crippen LogP contribution is 2.21. The van der Waals surface area contributed by atoms with E-state index in [4.69, 9.17) is 4.74 Å². The van der Waals surface area contributed by atoms with Crippen molar-refractivity contribution in [3.63, 3.8) is 0 Å². The number of hydrogen-bond donors (Lipinski definition) is 1. The van der Waals surface area contributed by atoms with Gasteiger partial charge in [0.1, 0.15) is 5.75 Å². The van der Waals surface area contributed by atoms with E-state index < -0.39 is 0 Å². The van der Waals surface area contributed by atoms with Gasteiger partial charge in [0.05, 0.1) is 18.9 Å². The Morgan fingerprint density at radius 3 is 2.78 bits per heavy atom. The Balaban J connectivity index is 1.99. The zero-order valence-electron chi connectivity index (χ0n) is 13.5. The summed E-state index contributed by atoms with van der Waals surface area (Å²) < 4.78 is 6.83. The van der Waals surface area contributed by atoms with Crippen LogP contribution in [0.2, 0.25) is 0 Å². The molecule has 0 radical (unpaired) electrons. The van der Waals surface area contributed by atoms with E-state index in [-0.39, 0.29) is 11.2 Å². The van der Waals surface area contributed by atoms with Gasteiger partial charge in [0.2, 0.25) is 11.1 Å². The van der Waals surface area contributed by atoms with E-state index in [0.29, 0.717) is 18.2 Å². The average Bonchev–Trinajstić information content (AvgIpc) is 3.00. The molecule has 1 atom stereocenters. The Bertz CT molecular complexity index is 629. The number of methoxy groups -OCH3 is 1. The van der Waals surface area contributed by atoms with Crippen LogP contribution < -0.4 is 10.1 Å². The van der Waals surface area contributed by atoms with Crippen molar-refractivity contribution < 1.29 is 9.53 Å². The predicted octanol–water partition coefficient (Wildman–Crippen LogP) is 1.74. The fourth-order valence-corrected chi connectivity index (χ4v) is 2.70. The Hall–Kier alpha value is -2.09. The van der Waals surface area contributed by atoms with Crippen molar-refractivity contribution >= 4 is 17.7 Å². The molecule has 0 saturated heterocycles. The van der Waals surface area contributed by atoms with E-state index in [0.717, 1.165) is 17.7 Å². The number of carbonyl (C=O) groups is 1. The van der Waals surface area contributed by atoms with Gasteiger partial charge in [0, 0.05) is 6.54 Å². The quantitative estimate of drug-likeness (QED) is 0.740. The SMILES string of the molecule is CCCNC(=O)C(C)Sc1nnnn1Cc1ccc(OC)cc1. The number of benzene rings is 1. The van der Waals surface area contributed by atoms with Gasteiger partial charge in [-0.2, -0.15) is 0 Å². The number of tetrazole rings is 1. The van der Waals surface area contributed by atoms with Gasteiger partial charge in [0.25, 0.3) is 0 Å². The Morgan fingerprint density at radius 2 is 2.13 bits per heavy atom. The molecule has 1 amide bonds. The number of hydrogen-bond acceptors (Lipinski definition) is 6. The summed E-state index contributed by atoms with van der Waals surface area (Å²) in [4.78, 5) is 11.9. The molecule has 0 aliphatic rings. The summed E-state index contributed by atoms with van der Waals surface area (Å²) >= 11 is 1.35. The summed E-state index contributed by atoms with van der Waals surface area (Å²) in [6.45, 7) is 5.10. The number of ether oxygens (including phenoxy) is 1. The highest BCUT2D eigenvalue weighted by Gasteiger charge is 2.18. The summed E-state index contributed by atoms with van der Waals surface area (Å²) in [5.41, 5.74) is 1.06. The first kappa shape index (κ1) is 17.3. The molecule has 8 heteroatoms. The first-order valence-corrected chi connectivity index (χ1v) is 8.35. The molecule has 0 saturated carbocycles. The predicted molar refractivity (Wildman–Crippen MR) is 88.5 cm³/mol. The van der Waals surface area contributed by atoms with E-state index in [2.05, 4.69) is 20.8 Å². The number of nitrogens with zero attached hydrogens (tertiary/aromatic N) is 4. The van der Waals surface area contributed by atoms with Gasteiger partial charge in [-0.05, 0) is 41.5 Å². The van der Waals surface area contributed by atoms with Crippen LogP contribution in [-0.2, 0) is 11.3 Å². The van der Waals surface area contributed by atoms with Gasteiger partial charge in [-0.15, -0.1) is 5.10 Å². The molecule has 1 N–H and O–H groups in total. The van der Waals surface area contributed by atoms with E-state index in [9.17, 15) is 4.79 Å². The molecular weight excluding hydrogens is 314 g/mol. The smallest absolute Gasteiger partial charge is 0.233 e. The summed E-state index contributed by atoms with van der Waals surface area (Å²) in [6, 6.07) is 7.72. The van der Waals surface area contributed by atoms with Crippen LogP contribution in [0.3, 0.4) is 0 Å². The van der Waals surface area contributed by atoms with Gasteiger partial charge in [-0.25, -0.2) is 4.68 Å². The molecule has 0 aliphatic carbocycles. The lowest BCUT2D eigenvalue weighted by molar-refractivity contribution is -0.120. The van der Waals surface area contributed by atoms with Crippen LogP contribution >= 0.6 is 11.8 Å². The van der Waals surface area contributed by atoms with Crippen molar-refractivity contribution in [1.82, 2.24) is 25.5 Å². The van der Waals surface area contributed by atoms with Crippen molar-refractivity contribution in [2.24, 2.45) is 0 Å². The lowest BCUT2D eigenvalue weighted by atomic mass is 10.2. The van der Waals surface area contributed by atoms with Crippen LogP contribution in [-0.4, -0.2) is 45.0 Å². The van der Waals surface area contributed by atoms with Crippen molar-refractivity contribution in [2.75, 3.05) is 13.7 Å². The topological polar surface area (TPSA) is 81.9 Å². The third-order valence-corrected chi connectivity index (χ3v) is 4.26. The molecule has 1 heterocycles. The number of amides is 1. The molecular formula is C15H21N5O2S. The van der Waals surface area contributed by atoms with Crippen LogP contribution in [0, 0.1) is 0 Å². The molecule has 2 rings (SSSR count).